The molecule has 2 aromatic rings. The van der Waals surface area contributed by atoms with Crippen LogP contribution in [0.5, 0.6) is 0 Å². The van der Waals surface area contributed by atoms with Crippen molar-refractivity contribution < 1.29 is 23.2 Å². The van der Waals surface area contributed by atoms with Crippen molar-refractivity contribution in [3.05, 3.63) is 41.6 Å². The van der Waals surface area contributed by atoms with Crippen LogP contribution in [0, 0.1) is 12.8 Å². The van der Waals surface area contributed by atoms with Gasteiger partial charge in [0.15, 0.2) is 5.78 Å². The summed E-state index contributed by atoms with van der Waals surface area (Å²) in [5.41, 5.74) is 1.98. The fourth-order valence-corrected chi connectivity index (χ4v) is 3.53. The summed E-state index contributed by atoms with van der Waals surface area (Å²) in [7, 11) is 0. The zero-order chi connectivity index (χ0) is 21.3. The van der Waals surface area contributed by atoms with Gasteiger partial charge in [-0.05, 0) is 24.6 Å². The number of Topliss-reactive ketones (excluding diaryl/α,β-unsaturated/α-hetero) is 1. The van der Waals surface area contributed by atoms with Gasteiger partial charge >= 0.3 is 0 Å². The first-order valence-electron chi connectivity index (χ1n) is 9.43. The molecular formula is C21H23F2N3O3. The summed E-state index contributed by atoms with van der Waals surface area (Å²) in [6.45, 7) is 3.85. The molecular weight excluding hydrogens is 380 g/mol. The number of amides is 2. The molecule has 1 aromatic heterocycles. The van der Waals surface area contributed by atoms with Crippen molar-refractivity contribution in [2.75, 3.05) is 13.1 Å². The molecule has 1 unspecified atom stereocenters. The maximum Gasteiger partial charge on any atom is 0.267 e. The lowest BCUT2D eigenvalue weighted by molar-refractivity contribution is -0.138. The minimum Gasteiger partial charge on any atom is -0.343 e. The predicted molar refractivity (Wildman–Crippen MR) is 104 cm³/mol. The first-order chi connectivity index (χ1) is 13.6. The van der Waals surface area contributed by atoms with E-state index < -0.39 is 55.0 Å². The zero-order valence-electron chi connectivity index (χ0n) is 16.5. The molecule has 1 saturated heterocycles. The molecule has 0 bridgehead atoms. The molecule has 1 aliphatic rings. The number of nitrogens with one attached hydrogen (secondary N) is 1. The Morgan fingerprint density at radius 3 is 2.69 bits per heavy atom. The van der Waals surface area contributed by atoms with E-state index in [-0.39, 0.29) is 0 Å². The average molecular weight is 403 g/mol. The van der Waals surface area contributed by atoms with Gasteiger partial charge in [0.05, 0.1) is 30.2 Å². The van der Waals surface area contributed by atoms with Gasteiger partial charge in [0.2, 0.25) is 5.91 Å². The summed E-state index contributed by atoms with van der Waals surface area (Å²) in [5, 5.41) is 3.11. The number of rotatable bonds is 5. The third kappa shape index (κ3) is 4.41. The molecule has 1 aromatic carbocycles. The van der Waals surface area contributed by atoms with Crippen LogP contribution in [0.3, 0.4) is 0 Å². The van der Waals surface area contributed by atoms with Gasteiger partial charge in [0.1, 0.15) is 0 Å². The van der Waals surface area contributed by atoms with Crippen LogP contribution in [-0.4, -0.2) is 52.5 Å². The number of benzene rings is 1. The van der Waals surface area contributed by atoms with Crippen molar-refractivity contribution in [1.29, 1.82) is 0 Å². The fourth-order valence-electron chi connectivity index (χ4n) is 3.53. The SMILES string of the molecule is Cc1ccc2c(C(=O)NCC(=O)N3CC(F)(F)CC3C(=O)C(C)C)ccnc2c1. The summed E-state index contributed by atoms with van der Waals surface area (Å²) < 4.78 is 27.7. The minimum atomic E-state index is -3.12. The van der Waals surface area contributed by atoms with Crippen LogP contribution in [-0.2, 0) is 9.59 Å². The summed E-state index contributed by atoms with van der Waals surface area (Å²) in [6.07, 6.45) is 0.814. The lowest BCUT2D eigenvalue weighted by atomic mass is 9.99. The van der Waals surface area contributed by atoms with Gasteiger partial charge in [-0.3, -0.25) is 19.4 Å². The number of fused-ring (bicyclic) bond motifs is 1. The molecule has 2 heterocycles. The molecule has 1 N–H and O–H groups in total. The summed E-state index contributed by atoms with van der Waals surface area (Å²) in [5.74, 6) is -5.20. The Hall–Kier alpha value is -2.90. The van der Waals surface area contributed by atoms with Crippen molar-refractivity contribution in [1.82, 2.24) is 15.2 Å². The topological polar surface area (TPSA) is 79.4 Å². The number of ketones is 1. The Bertz CT molecular complexity index is 975. The van der Waals surface area contributed by atoms with Gasteiger partial charge in [-0.15, -0.1) is 0 Å². The number of carbonyl (C=O) groups is 3. The average Bonchev–Trinajstić information content (AvgIpc) is 2.99. The van der Waals surface area contributed by atoms with Crippen molar-refractivity contribution >= 4 is 28.5 Å². The molecule has 0 saturated carbocycles. The first-order valence-corrected chi connectivity index (χ1v) is 9.43. The second-order valence-corrected chi connectivity index (χ2v) is 7.72. The van der Waals surface area contributed by atoms with E-state index in [0.717, 1.165) is 10.5 Å². The first kappa shape index (κ1) is 20.8. The van der Waals surface area contributed by atoms with Gasteiger partial charge in [0, 0.05) is 23.9 Å². The molecule has 154 valence electrons. The van der Waals surface area contributed by atoms with Crippen molar-refractivity contribution in [3.8, 4) is 0 Å². The minimum absolute atomic E-state index is 0.337. The van der Waals surface area contributed by atoms with Crippen LogP contribution in [0.15, 0.2) is 30.5 Å². The van der Waals surface area contributed by atoms with Crippen LogP contribution in [0.2, 0.25) is 0 Å². The highest BCUT2D eigenvalue weighted by atomic mass is 19.3. The fraction of sp³-hybridized carbons (Fsp3) is 0.429. The monoisotopic (exact) mass is 403 g/mol. The second kappa shape index (κ2) is 7.85. The number of carbonyl (C=O) groups excluding carboxylic acids is 3. The zero-order valence-corrected chi connectivity index (χ0v) is 16.5. The molecule has 1 aliphatic heterocycles. The summed E-state index contributed by atoms with van der Waals surface area (Å²) >= 11 is 0. The van der Waals surface area contributed by atoms with Gasteiger partial charge in [-0.2, -0.15) is 0 Å². The highest BCUT2D eigenvalue weighted by Gasteiger charge is 2.49. The molecule has 0 spiro atoms. The lowest BCUT2D eigenvalue weighted by Gasteiger charge is -2.24. The van der Waals surface area contributed by atoms with E-state index in [1.54, 1.807) is 19.9 Å². The second-order valence-electron chi connectivity index (χ2n) is 7.72. The number of aromatic nitrogens is 1. The largest absolute Gasteiger partial charge is 0.343 e. The molecule has 0 radical (unpaired) electrons. The Kier molecular flexibility index (Phi) is 5.64. The number of hydrogen-bond donors (Lipinski definition) is 1. The maximum absolute atomic E-state index is 13.9. The Morgan fingerprint density at radius 2 is 2.00 bits per heavy atom. The summed E-state index contributed by atoms with van der Waals surface area (Å²) in [4.78, 5) is 42.5. The number of likely N-dealkylation sites (tertiary alicyclic amines) is 1. The lowest BCUT2D eigenvalue weighted by Crippen LogP contribution is -2.46. The van der Waals surface area contributed by atoms with Crippen molar-refractivity contribution in [3.63, 3.8) is 0 Å². The normalized spacial score (nSPS) is 18.3. The van der Waals surface area contributed by atoms with E-state index in [4.69, 9.17) is 0 Å². The molecule has 8 heteroatoms. The van der Waals surface area contributed by atoms with Crippen LogP contribution in [0.1, 0.15) is 36.2 Å². The van der Waals surface area contributed by atoms with Crippen LogP contribution < -0.4 is 5.32 Å². The molecule has 6 nitrogen and oxygen atoms in total. The van der Waals surface area contributed by atoms with Gasteiger partial charge in [0.25, 0.3) is 11.8 Å². The number of alkyl halides is 2. The van der Waals surface area contributed by atoms with Gasteiger partial charge < -0.3 is 10.2 Å². The predicted octanol–water partition coefficient (Wildman–Crippen LogP) is 2.73. The molecule has 2 amide bonds. The van der Waals surface area contributed by atoms with E-state index >= 15 is 0 Å². The molecule has 1 atom stereocenters. The van der Waals surface area contributed by atoms with Gasteiger partial charge in [-0.1, -0.05) is 26.0 Å². The number of aryl methyl sites for hydroxylation is 1. The van der Waals surface area contributed by atoms with Crippen molar-refractivity contribution in [2.24, 2.45) is 5.92 Å². The molecule has 0 aliphatic carbocycles. The smallest absolute Gasteiger partial charge is 0.267 e. The van der Waals surface area contributed by atoms with E-state index in [1.165, 1.54) is 12.3 Å². The van der Waals surface area contributed by atoms with Crippen LogP contribution in [0.4, 0.5) is 8.78 Å². The quantitative estimate of drug-likeness (QED) is 0.833. The Morgan fingerprint density at radius 1 is 1.28 bits per heavy atom. The highest BCUT2D eigenvalue weighted by Crippen LogP contribution is 2.33. The molecule has 29 heavy (non-hydrogen) atoms. The van der Waals surface area contributed by atoms with E-state index in [9.17, 15) is 23.2 Å². The van der Waals surface area contributed by atoms with Gasteiger partial charge in [-0.25, -0.2) is 8.78 Å². The van der Waals surface area contributed by atoms with Crippen LogP contribution in [0.25, 0.3) is 10.9 Å². The van der Waals surface area contributed by atoms with Crippen LogP contribution >= 0.6 is 0 Å². The van der Waals surface area contributed by atoms with Crippen molar-refractivity contribution in [2.45, 2.75) is 39.2 Å². The Balaban J connectivity index is 1.73. The third-order valence-corrected chi connectivity index (χ3v) is 5.03. The van der Waals surface area contributed by atoms with E-state index in [0.29, 0.717) is 16.5 Å². The third-order valence-electron chi connectivity index (χ3n) is 5.03. The number of pyridine rings is 1. The molecule has 3 rings (SSSR count). The number of hydrogen-bond acceptors (Lipinski definition) is 4. The van der Waals surface area contributed by atoms with E-state index in [1.807, 2.05) is 19.1 Å². The maximum atomic E-state index is 13.9. The molecule has 1 fully saturated rings. The van der Waals surface area contributed by atoms with E-state index in [2.05, 4.69) is 10.3 Å². The number of halogens is 2. The standard InChI is InChI=1S/C21H23F2N3O3/c1-12(2)19(28)17-9-21(22,23)11-26(17)18(27)10-25-20(29)15-6-7-24-16-8-13(3)4-5-14(15)16/h4-8,12,17H,9-11H2,1-3H3,(H,25,29). The highest BCUT2D eigenvalue weighted by molar-refractivity contribution is 6.07. The Labute approximate surface area is 167 Å². The number of nitrogens with zero attached hydrogens (tertiary/aromatic N) is 2. The summed E-state index contributed by atoms with van der Waals surface area (Å²) in [6, 6.07) is 5.82.